The molecule has 8 heteroatoms. The summed E-state index contributed by atoms with van der Waals surface area (Å²) in [7, 11) is 0. The number of amides is 3. The molecule has 0 radical (unpaired) electrons. The molecule has 2 N–H and O–H groups in total. The Morgan fingerprint density at radius 2 is 1.75 bits per heavy atom. The lowest BCUT2D eigenvalue weighted by Gasteiger charge is -2.38. The highest BCUT2D eigenvalue weighted by Gasteiger charge is 2.33. The van der Waals surface area contributed by atoms with Crippen molar-refractivity contribution >= 4 is 29.1 Å². The molecular weight excluding hydrogens is 424 g/mol. The first-order chi connectivity index (χ1) is 15.5. The molecule has 0 spiro atoms. The molecule has 1 aromatic carbocycles. The average Bonchev–Trinajstić information content (AvgIpc) is 3.45. The van der Waals surface area contributed by atoms with Crippen molar-refractivity contribution in [2.75, 3.05) is 26.2 Å². The van der Waals surface area contributed by atoms with Crippen molar-refractivity contribution in [2.24, 2.45) is 0 Å². The average molecular weight is 455 g/mol. The van der Waals surface area contributed by atoms with Gasteiger partial charge in [-0.15, -0.1) is 11.3 Å². The number of rotatable bonds is 8. The minimum Gasteiger partial charge on any atom is -0.352 e. The minimum absolute atomic E-state index is 0.0671. The zero-order chi connectivity index (χ0) is 22.5. The summed E-state index contributed by atoms with van der Waals surface area (Å²) in [5.41, 5.74) is 1.00. The van der Waals surface area contributed by atoms with Crippen LogP contribution in [0.2, 0.25) is 0 Å². The van der Waals surface area contributed by atoms with Crippen LogP contribution < -0.4 is 10.6 Å². The third kappa shape index (κ3) is 5.75. The summed E-state index contributed by atoms with van der Waals surface area (Å²) in [5, 5.41) is 7.86. The Morgan fingerprint density at radius 3 is 2.38 bits per heavy atom. The van der Waals surface area contributed by atoms with Gasteiger partial charge in [-0.25, -0.2) is 0 Å². The topological polar surface area (TPSA) is 81.8 Å². The number of hydrogen-bond donors (Lipinski definition) is 2. The molecule has 1 saturated heterocycles. The highest BCUT2D eigenvalue weighted by Crippen LogP contribution is 2.19. The van der Waals surface area contributed by atoms with Gasteiger partial charge in [0.05, 0.1) is 10.9 Å². The number of carbonyl (C=O) groups is 3. The van der Waals surface area contributed by atoms with Crippen molar-refractivity contribution in [1.29, 1.82) is 0 Å². The summed E-state index contributed by atoms with van der Waals surface area (Å²) in [5.74, 6) is -0.232. The molecule has 1 aliphatic heterocycles. The molecule has 2 atom stereocenters. The van der Waals surface area contributed by atoms with E-state index < -0.39 is 6.04 Å². The standard InChI is InChI=1S/C24H30N4O3S/c1-17(22(29)25-19-9-10-19)27-11-13-28(14-12-27)24(31)20(16-18-6-3-2-4-7-18)26-23(30)21-8-5-15-32-21/h2-8,15,17,19-20H,9-14,16H2,1H3,(H,25,29)(H,26,30). The molecule has 32 heavy (non-hydrogen) atoms. The zero-order valence-corrected chi connectivity index (χ0v) is 19.1. The summed E-state index contributed by atoms with van der Waals surface area (Å²) < 4.78 is 0. The fraction of sp³-hybridized carbons (Fsp3) is 0.458. The summed E-state index contributed by atoms with van der Waals surface area (Å²) in [6.45, 7) is 4.29. The van der Waals surface area contributed by atoms with Crippen LogP contribution in [0.25, 0.3) is 0 Å². The van der Waals surface area contributed by atoms with Crippen LogP contribution in [-0.4, -0.2) is 71.8 Å². The number of piperazine rings is 1. The van der Waals surface area contributed by atoms with Crippen LogP contribution in [0.15, 0.2) is 47.8 Å². The second-order valence-electron chi connectivity index (χ2n) is 8.51. The van der Waals surface area contributed by atoms with Crippen molar-refractivity contribution < 1.29 is 14.4 Å². The van der Waals surface area contributed by atoms with Crippen LogP contribution in [0.4, 0.5) is 0 Å². The van der Waals surface area contributed by atoms with Gasteiger partial charge >= 0.3 is 0 Å². The quantitative estimate of drug-likeness (QED) is 0.638. The van der Waals surface area contributed by atoms with Crippen LogP contribution in [0, 0.1) is 0 Å². The van der Waals surface area contributed by atoms with Gasteiger partial charge in [0.1, 0.15) is 6.04 Å². The fourth-order valence-electron chi connectivity index (χ4n) is 3.95. The lowest BCUT2D eigenvalue weighted by atomic mass is 10.0. The Hall–Kier alpha value is -2.71. The van der Waals surface area contributed by atoms with Gasteiger partial charge in [0.15, 0.2) is 0 Å². The Bertz CT molecular complexity index is 922. The monoisotopic (exact) mass is 454 g/mol. The van der Waals surface area contributed by atoms with Gasteiger partial charge in [0, 0.05) is 38.6 Å². The Morgan fingerprint density at radius 1 is 1.03 bits per heavy atom. The molecule has 0 bridgehead atoms. The summed E-state index contributed by atoms with van der Waals surface area (Å²) in [4.78, 5) is 43.0. The lowest BCUT2D eigenvalue weighted by Crippen LogP contribution is -2.58. The van der Waals surface area contributed by atoms with E-state index in [2.05, 4.69) is 15.5 Å². The number of hydrogen-bond acceptors (Lipinski definition) is 5. The van der Waals surface area contributed by atoms with Gasteiger partial charge in [-0.05, 0) is 36.8 Å². The van der Waals surface area contributed by atoms with E-state index in [1.165, 1.54) is 11.3 Å². The SMILES string of the molecule is CC(C(=O)NC1CC1)N1CCN(C(=O)C(Cc2ccccc2)NC(=O)c2cccs2)CC1. The van der Waals surface area contributed by atoms with Gasteiger partial charge in [-0.3, -0.25) is 19.3 Å². The maximum atomic E-state index is 13.4. The van der Waals surface area contributed by atoms with Crippen LogP contribution in [0.3, 0.4) is 0 Å². The number of thiophene rings is 1. The highest BCUT2D eigenvalue weighted by atomic mass is 32.1. The van der Waals surface area contributed by atoms with E-state index in [-0.39, 0.29) is 23.8 Å². The molecule has 2 unspecified atom stereocenters. The van der Waals surface area contributed by atoms with E-state index in [0.717, 1.165) is 18.4 Å². The Balaban J connectivity index is 1.38. The maximum Gasteiger partial charge on any atom is 0.262 e. The van der Waals surface area contributed by atoms with Crippen LogP contribution >= 0.6 is 11.3 Å². The summed E-state index contributed by atoms with van der Waals surface area (Å²) in [6.07, 6.45) is 2.58. The van der Waals surface area contributed by atoms with Crippen LogP contribution in [-0.2, 0) is 16.0 Å². The molecule has 7 nitrogen and oxygen atoms in total. The van der Waals surface area contributed by atoms with E-state index in [1.54, 1.807) is 6.07 Å². The number of nitrogens with zero attached hydrogens (tertiary/aromatic N) is 2. The molecule has 1 aromatic heterocycles. The summed E-state index contributed by atoms with van der Waals surface area (Å²) in [6, 6.07) is 12.8. The van der Waals surface area contributed by atoms with Gasteiger partial charge in [-0.1, -0.05) is 36.4 Å². The molecule has 2 fully saturated rings. The Labute approximate surface area is 192 Å². The first-order valence-electron chi connectivity index (χ1n) is 11.2. The third-order valence-corrected chi connectivity index (χ3v) is 6.98. The van der Waals surface area contributed by atoms with Gasteiger partial charge in [-0.2, -0.15) is 0 Å². The van der Waals surface area contributed by atoms with Crippen molar-refractivity contribution in [3.05, 3.63) is 58.3 Å². The predicted molar refractivity (Wildman–Crippen MR) is 124 cm³/mol. The molecule has 2 aliphatic rings. The van der Waals surface area contributed by atoms with Crippen molar-refractivity contribution in [1.82, 2.24) is 20.4 Å². The van der Waals surface area contributed by atoms with Gasteiger partial charge in [0.25, 0.3) is 5.91 Å². The molecule has 3 amide bonds. The Kier molecular flexibility index (Phi) is 7.22. The van der Waals surface area contributed by atoms with E-state index in [9.17, 15) is 14.4 Å². The highest BCUT2D eigenvalue weighted by molar-refractivity contribution is 7.12. The number of carbonyl (C=O) groups excluding carboxylic acids is 3. The first-order valence-corrected chi connectivity index (χ1v) is 12.1. The van der Waals surface area contributed by atoms with Crippen molar-refractivity contribution in [2.45, 2.75) is 44.3 Å². The van der Waals surface area contributed by atoms with Gasteiger partial charge in [0.2, 0.25) is 11.8 Å². The molecular formula is C24H30N4O3S. The van der Waals surface area contributed by atoms with E-state index in [1.807, 2.05) is 53.6 Å². The maximum absolute atomic E-state index is 13.4. The molecule has 2 heterocycles. The van der Waals surface area contributed by atoms with E-state index in [4.69, 9.17) is 0 Å². The van der Waals surface area contributed by atoms with E-state index in [0.29, 0.717) is 43.5 Å². The fourth-order valence-corrected chi connectivity index (χ4v) is 4.58. The van der Waals surface area contributed by atoms with Crippen molar-refractivity contribution in [3.63, 3.8) is 0 Å². The summed E-state index contributed by atoms with van der Waals surface area (Å²) >= 11 is 1.36. The number of benzene rings is 1. The molecule has 170 valence electrons. The molecule has 1 aliphatic carbocycles. The van der Waals surface area contributed by atoms with Crippen molar-refractivity contribution in [3.8, 4) is 0 Å². The minimum atomic E-state index is -0.630. The van der Waals surface area contributed by atoms with Crippen LogP contribution in [0.1, 0.15) is 35.0 Å². The van der Waals surface area contributed by atoms with E-state index >= 15 is 0 Å². The molecule has 2 aromatic rings. The molecule has 1 saturated carbocycles. The van der Waals surface area contributed by atoms with Crippen LogP contribution in [0.5, 0.6) is 0 Å². The normalized spacial score (nSPS) is 18.6. The largest absolute Gasteiger partial charge is 0.352 e. The third-order valence-electron chi connectivity index (χ3n) is 6.11. The predicted octanol–water partition coefficient (Wildman–Crippen LogP) is 1.90. The molecule has 4 rings (SSSR count). The van der Waals surface area contributed by atoms with Gasteiger partial charge < -0.3 is 15.5 Å². The zero-order valence-electron chi connectivity index (χ0n) is 18.3. The smallest absolute Gasteiger partial charge is 0.262 e. The number of nitrogens with one attached hydrogen (secondary N) is 2. The first kappa shape index (κ1) is 22.5. The second-order valence-corrected chi connectivity index (χ2v) is 9.46. The second kappa shape index (κ2) is 10.3. The lowest BCUT2D eigenvalue weighted by molar-refractivity contribution is -0.136.